The number of aromatic nitrogens is 1. The Balaban J connectivity index is 1.25. The lowest BCUT2D eigenvalue weighted by molar-refractivity contribution is -0.140. The fourth-order valence-electron chi connectivity index (χ4n) is 4.15. The number of hydrogen-bond donors (Lipinski definition) is 1. The van der Waals surface area contributed by atoms with E-state index in [1.54, 1.807) is 6.20 Å². The fraction of sp³-hybridized carbons (Fsp3) is 0.500. The first-order chi connectivity index (χ1) is 14.2. The van der Waals surface area contributed by atoms with E-state index in [1.807, 2.05) is 40.1 Å². The summed E-state index contributed by atoms with van der Waals surface area (Å²) in [5, 5.41) is 3.11. The van der Waals surface area contributed by atoms with Crippen LogP contribution in [-0.2, 0) is 16.0 Å². The lowest BCUT2D eigenvalue weighted by Crippen LogP contribution is -2.57. The molecule has 7 heteroatoms. The van der Waals surface area contributed by atoms with Crippen molar-refractivity contribution in [2.75, 3.05) is 32.7 Å². The molecule has 2 saturated heterocycles. The third kappa shape index (κ3) is 4.85. The van der Waals surface area contributed by atoms with Gasteiger partial charge < -0.3 is 19.5 Å². The molecule has 0 spiro atoms. The van der Waals surface area contributed by atoms with Gasteiger partial charge in [0.05, 0.1) is 12.7 Å². The van der Waals surface area contributed by atoms with Gasteiger partial charge in [0.1, 0.15) is 0 Å². The second kappa shape index (κ2) is 9.22. The molecule has 2 aliphatic rings. The lowest BCUT2D eigenvalue weighted by Gasteiger charge is -2.41. The molecule has 7 nitrogen and oxygen atoms in total. The second-order valence-corrected chi connectivity index (χ2v) is 7.74. The van der Waals surface area contributed by atoms with Gasteiger partial charge in [0.2, 0.25) is 11.8 Å². The van der Waals surface area contributed by atoms with Crippen molar-refractivity contribution in [3.05, 3.63) is 42.4 Å². The van der Waals surface area contributed by atoms with Crippen molar-refractivity contribution >= 4 is 11.8 Å². The third-order valence-corrected chi connectivity index (χ3v) is 5.71. The molecular weight excluding hydrogens is 368 g/mol. The molecule has 1 aromatic heterocycles. The zero-order valence-corrected chi connectivity index (χ0v) is 16.7. The molecule has 2 aromatic rings. The molecule has 2 fully saturated rings. The van der Waals surface area contributed by atoms with Crippen LogP contribution in [-0.4, -0.2) is 65.4 Å². The number of rotatable bonds is 6. The monoisotopic (exact) mass is 396 g/mol. The third-order valence-electron chi connectivity index (χ3n) is 5.71. The summed E-state index contributed by atoms with van der Waals surface area (Å²) in [4.78, 5) is 33.0. The summed E-state index contributed by atoms with van der Waals surface area (Å²) < 4.78 is 5.82. The van der Waals surface area contributed by atoms with Gasteiger partial charge in [0, 0.05) is 50.6 Å². The highest BCUT2D eigenvalue weighted by molar-refractivity contribution is 5.80. The van der Waals surface area contributed by atoms with E-state index in [1.165, 1.54) is 0 Å². The number of hydrogen-bond acceptors (Lipinski definition) is 5. The normalized spacial score (nSPS) is 20.1. The largest absolute Gasteiger partial charge is 0.441 e. The number of benzene rings is 1. The number of amides is 2. The molecular formula is C22H28N4O3. The quantitative estimate of drug-likeness (QED) is 0.809. The lowest BCUT2D eigenvalue weighted by atomic mass is 10.0. The number of piperazine rings is 1. The van der Waals surface area contributed by atoms with Crippen molar-refractivity contribution in [3.8, 4) is 11.3 Å². The summed E-state index contributed by atoms with van der Waals surface area (Å²) >= 11 is 0. The van der Waals surface area contributed by atoms with Gasteiger partial charge >= 0.3 is 0 Å². The van der Waals surface area contributed by atoms with E-state index in [0.717, 1.165) is 43.8 Å². The molecule has 2 aliphatic heterocycles. The minimum atomic E-state index is 0.147. The zero-order chi connectivity index (χ0) is 20.1. The second-order valence-electron chi connectivity index (χ2n) is 7.74. The van der Waals surface area contributed by atoms with Crippen LogP contribution in [0.15, 0.2) is 40.9 Å². The van der Waals surface area contributed by atoms with Crippen molar-refractivity contribution in [1.29, 1.82) is 0 Å². The molecule has 1 N–H and O–H groups in total. The molecule has 154 valence electrons. The Hall–Kier alpha value is -2.67. The average molecular weight is 396 g/mol. The highest BCUT2D eigenvalue weighted by Gasteiger charge is 2.31. The number of nitrogens with zero attached hydrogens (tertiary/aromatic N) is 3. The fourth-order valence-corrected chi connectivity index (χ4v) is 4.15. The summed E-state index contributed by atoms with van der Waals surface area (Å²) in [5.74, 6) is 1.73. The maximum Gasteiger partial charge on any atom is 0.236 e. The van der Waals surface area contributed by atoms with Crippen molar-refractivity contribution in [1.82, 2.24) is 20.1 Å². The topological polar surface area (TPSA) is 78.7 Å². The predicted molar refractivity (Wildman–Crippen MR) is 109 cm³/mol. The molecule has 4 rings (SSSR count). The van der Waals surface area contributed by atoms with Crippen molar-refractivity contribution in [2.24, 2.45) is 0 Å². The molecule has 2 amide bonds. The Morgan fingerprint density at radius 3 is 2.93 bits per heavy atom. The Kier molecular flexibility index (Phi) is 6.24. The summed E-state index contributed by atoms with van der Waals surface area (Å²) in [5.41, 5.74) is 1.00. The molecule has 0 radical (unpaired) electrons. The van der Waals surface area contributed by atoms with Crippen LogP contribution in [0, 0.1) is 0 Å². The number of oxazole rings is 1. The van der Waals surface area contributed by atoms with Crippen molar-refractivity contribution < 1.29 is 14.0 Å². The van der Waals surface area contributed by atoms with E-state index in [2.05, 4.69) is 10.3 Å². The van der Waals surface area contributed by atoms with E-state index < -0.39 is 0 Å². The van der Waals surface area contributed by atoms with Gasteiger partial charge in [-0.15, -0.1) is 0 Å². The number of piperidine rings is 1. The van der Waals surface area contributed by atoms with Gasteiger partial charge in [-0.1, -0.05) is 30.3 Å². The number of nitrogens with one attached hydrogen (secondary N) is 1. The molecule has 1 unspecified atom stereocenters. The summed E-state index contributed by atoms with van der Waals surface area (Å²) in [7, 11) is 0. The Morgan fingerprint density at radius 2 is 2.10 bits per heavy atom. The van der Waals surface area contributed by atoms with E-state index in [4.69, 9.17) is 4.42 Å². The molecule has 0 saturated carbocycles. The highest BCUT2D eigenvalue weighted by atomic mass is 16.4. The average Bonchev–Trinajstić information content (AvgIpc) is 3.24. The van der Waals surface area contributed by atoms with Crippen LogP contribution in [0.1, 0.15) is 31.6 Å². The Morgan fingerprint density at radius 1 is 1.24 bits per heavy atom. The molecule has 1 atom stereocenters. The number of aryl methyl sites for hydroxylation is 1. The Bertz CT molecular complexity index is 836. The van der Waals surface area contributed by atoms with Crippen LogP contribution >= 0.6 is 0 Å². The summed E-state index contributed by atoms with van der Waals surface area (Å²) in [6, 6.07) is 10.0. The van der Waals surface area contributed by atoms with Gasteiger partial charge in [0.15, 0.2) is 11.7 Å². The molecule has 0 aliphatic carbocycles. The standard InChI is InChI=1S/C22H28N4O3/c27-21(25-12-5-8-18(16-25)26-13-11-23-15-22(26)28)10-4-9-20-24-14-19(29-20)17-6-2-1-3-7-17/h1-3,6-7,14,18,23H,4-5,8-13,15-16H2. The first-order valence-corrected chi connectivity index (χ1v) is 10.5. The first-order valence-electron chi connectivity index (χ1n) is 10.5. The summed E-state index contributed by atoms with van der Waals surface area (Å²) in [6.45, 7) is 3.41. The Labute approximate surface area is 171 Å². The van der Waals surface area contributed by atoms with E-state index in [9.17, 15) is 9.59 Å². The van der Waals surface area contributed by atoms with E-state index in [-0.39, 0.29) is 17.9 Å². The maximum atomic E-state index is 12.7. The van der Waals surface area contributed by atoms with Crippen molar-refractivity contribution in [2.45, 2.75) is 38.1 Å². The summed E-state index contributed by atoms with van der Waals surface area (Å²) in [6.07, 6.45) is 5.51. The molecule has 29 heavy (non-hydrogen) atoms. The maximum absolute atomic E-state index is 12.7. The smallest absolute Gasteiger partial charge is 0.236 e. The van der Waals surface area contributed by atoms with Gasteiger partial charge in [-0.25, -0.2) is 4.98 Å². The van der Waals surface area contributed by atoms with E-state index >= 15 is 0 Å². The van der Waals surface area contributed by atoms with Crippen LogP contribution in [0.25, 0.3) is 11.3 Å². The van der Waals surface area contributed by atoms with Crippen LogP contribution in [0.4, 0.5) is 0 Å². The van der Waals surface area contributed by atoms with Gasteiger partial charge in [-0.05, 0) is 19.3 Å². The van der Waals surface area contributed by atoms with Crippen LogP contribution in [0.3, 0.4) is 0 Å². The SMILES string of the molecule is O=C(CCCc1ncc(-c2ccccc2)o1)N1CCCC(N2CCNCC2=O)C1. The van der Waals surface area contributed by atoms with Crippen molar-refractivity contribution in [3.63, 3.8) is 0 Å². The highest BCUT2D eigenvalue weighted by Crippen LogP contribution is 2.21. The van der Waals surface area contributed by atoms with Gasteiger partial charge in [0.25, 0.3) is 0 Å². The molecule has 3 heterocycles. The minimum absolute atomic E-state index is 0.147. The predicted octanol–water partition coefficient (Wildman–Crippen LogP) is 2.09. The van der Waals surface area contributed by atoms with Crippen LogP contribution in [0.5, 0.6) is 0 Å². The number of carbonyl (C=O) groups is 2. The molecule has 1 aromatic carbocycles. The minimum Gasteiger partial charge on any atom is -0.441 e. The van der Waals surface area contributed by atoms with Crippen LogP contribution in [0.2, 0.25) is 0 Å². The van der Waals surface area contributed by atoms with Gasteiger partial charge in [-0.3, -0.25) is 9.59 Å². The number of likely N-dealkylation sites (tertiary alicyclic amines) is 1. The van der Waals surface area contributed by atoms with Gasteiger partial charge in [-0.2, -0.15) is 0 Å². The van der Waals surface area contributed by atoms with E-state index in [0.29, 0.717) is 38.2 Å². The zero-order valence-electron chi connectivity index (χ0n) is 16.7. The number of carbonyl (C=O) groups excluding carboxylic acids is 2. The molecule has 0 bridgehead atoms. The first kappa shape index (κ1) is 19.6. The van der Waals surface area contributed by atoms with Crippen LogP contribution < -0.4 is 5.32 Å².